The molecule has 48 heavy (non-hydrogen) atoms. The van der Waals surface area contributed by atoms with Gasteiger partial charge in [0, 0.05) is 60.9 Å². The van der Waals surface area contributed by atoms with E-state index < -0.39 is 0 Å². The maximum Gasteiger partial charge on any atom is 0.137 e. The molecule has 0 atom stereocenters. The number of rotatable bonds is 3. The lowest BCUT2D eigenvalue weighted by Gasteiger charge is -2.07. The lowest BCUT2D eigenvalue weighted by Crippen LogP contribution is -2.06. The maximum atomic E-state index is 6.62. The summed E-state index contributed by atoms with van der Waals surface area (Å²) in [7, 11) is 0. The van der Waals surface area contributed by atoms with E-state index in [2.05, 4.69) is 137 Å². The van der Waals surface area contributed by atoms with E-state index >= 15 is 0 Å². The molecule has 0 aliphatic rings. The van der Waals surface area contributed by atoms with E-state index in [1.807, 2.05) is 12.1 Å². The number of para-hydroxylation sites is 3. The van der Waals surface area contributed by atoms with Crippen molar-refractivity contribution in [3.63, 3.8) is 0 Å². The second kappa shape index (κ2) is 9.38. The molecule has 0 unspecified atom stereocenters. The topological polar surface area (TPSA) is 62.2 Å². The lowest BCUT2D eigenvalue weighted by molar-refractivity contribution is 0.668. The van der Waals surface area contributed by atoms with Crippen molar-refractivity contribution in [3.8, 4) is 16.8 Å². The van der Waals surface area contributed by atoms with Crippen LogP contribution in [-0.4, -0.2) is 9.13 Å². The molecule has 0 amide bonds. The van der Waals surface area contributed by atoms with Crippen LogP contribution in [-0.2, 0) is 6.67 Å². The normalized spacial score (nSPS) is 12.4. The molecule has 2 N–H and O–H groups in total. The Hall–Kier alpha value is -6.30. The molecule has 7 aromatic carbocycles. The monoisotopic (exact) mass is 617 g/mol. The molecule has 0 aliphatic carbocycles. The zero-order valence-electron chi connectivity index (χ0n) is 25.8. The molecule has 0 radical (unpaired) electrons. The molecule has 5 nitrogen and oxygen atoms in total. The Kier molecular flexibility index (Phi) is 5.05. The number of nitrogens with two attached hydrogens (primary N) is 1. The van der Waals surface area contributed by atoms with Crippen LogP contribution in [0.4, 0.5) is 0 Å². The van der Waals surface area contributed by atoms with Crippen molar-refractivity contribution in [2.24, 2.45) is 5.73 Å². The maximum absolute atomic E-state index is 6.62. The molecule has 0 spiro atoms. The highest BCUT2D eigenvalue weighted by atomic mass is 16.3. The third kappa shape index (κ3) is 3.43. The van der Waals surface area contributed by atoms with E-state index in [4.69, 9.17) is 14.6 Å². The molecule has 5 heteroatoms. The van der Waals surface area contributed by atoms with Crippen LogP contribution < -0.4 is 5.73 Å². The first-order chi connectivity index (χ1) is 23.7. The second-order valence-electron chi connectivity index (χ2n) is 12.7. The van der Waals surface area contributed by atoms with E-state index in [0.717, 1.165) is 77.2 Å². The number of furan rings is 2. The lowest BCUT2D eigenvalue weighted by atomic mass is 10.0. The minimum atomic E-state index is 0.381. The van der Waals surface area contributed by atoms with Crippen LogP contribution in [0.3, 0.4) is 0 Å². The van der Waals surface area contributed by atoms with Gasteiger partial charge in [0.1, 0.15) is 22.3 Å². The van der Waals surface area contributed by atoms with Crippen LogP contribution in [0.25, 0.3) is 104 Å². The first kappa shape index (κ1) is 25.8. The third-order valence-corrected chi connectivity index (χ3v) is 10.2. The Morgan fingerprint density at radius 1 is 0.396 bits per heavy atom. The van der Waals surface area contributed by atoms with Gasteiger partial charge in [-0.1, -0.05) is 66.7 Å². The molecule has 0 saturated carbocycles. The van der Waals surface area contributed by atoms with Crippen LogP contribution in [0.5, 0.6) is 0 Å². The van der Waals surface area contributed by atoms with Gasteiger partial charge in [0.15, 0.2) is 0 Å². The molecule has 0 fully saturated rings. The number of nitrogens with zero attached hydrogens (tertiary/aromatic N) is 2. The van der Waals surface area contributed by atoms with E-state index in [1.54, 1.807) is 0 Å². The van der Waals surface area contributed by atoms with Crippen molar-refractivity contribution in [1.82, 2.24) is 9.13 Å². The SMILES string of the molecule is NCn1c2ccc(-c3ccc4c(c3)oc3cc5c(cc34)c3ccccc3n5-c3ccccc3)cc2c2cc3c(cc21)oc1ccccc13. The van der Waals surface area contributed by atoms with Crippen LogP contribution in [0.1, 0.15) is 0 Å². The number of hydrogen-bond acceptors (Lipinski definition) is 3. The number of aromatic nitrogens is 2. The summed E-state index contributed by atoms with van der Waals surface area (Å²) in [4.78, 5) is 0. The largest absolute Gasteiger partial charge is 0.456 e. The second-order valence-corrected chi connectivity index (χ2v) is 12.7. The molecule has 0 saturated heterocycles. The predicted octanol–water partition coefficient (Wildman–Crippen LogP) is 11.3. The van der Waals surface area contributed by atoms with Gasteiger partial charge in [-0.15, -0.1) is 0 Å². The van der Waals surface area contributed by atoms with Gasteiger partial charge >= 0.3 is 0 Å². The standard InChI is InChI=1S/C43H27N3O2/c44-24-45-36-17-15-25(18-31(36)33-21-34-29-11-5-7-13-40(29)47-42(34)22-38(33)45)26-14-16-30-35-20-32-28-10-4-6-12-37(28)46(27-8-2-1-3-9-27)39(32)23-43(35)48-41(30)19-26/h1-23H,24,44H2. The summed E-state index contributed by atoms with van der Waals surface area (Å²) >= 11 is 0. The van der Waals surface area contributed by atoms with Crippen molar-refractivity contribution in [2.75, 3.05) is 0 Å². The molecule has 0 bridgehead atoms. The Morgan fingerprint density at radius 3 is 1.83 bits per heavy atom. The summed E-state index contributed by atoms with van der Waals surface area (Å²) in [5.74, 6) is 0. The average molecular weight is 618 g/mol. The van der Waals surface area contributed by atoms with Gasteiger partial charge in [0.2, 0.25) is 0 Å². The summed E-state index contributed by atoms with van der Waals surface area (Å²) in [5.41, 5.74) is 17.7. The van der Waals surface area contributed by atoms with Crippen LogP contribution in [0.15, 0.2) is 148 Å². The zero-order valence-corrected chi connectivity index (χ0v) is 25.8. The Bertz CT molecular complexity index is 3100. The van der Waals surface area contributed by atoms with Crippen LogP contribution in [0, 0.1) is 0 Å². The summed E-state index contributed by atoms with van der Waals surface area (Å²) in [5, 5.41) is 9.25. The number of benzene rings is 7. The van der Waals surface area contributed by atoms with E-state index in [9.17, 15) is 0 Å². The summed E-state index contributed by atoms with van der Waals surface area (Å²) in [6.45, 7) is 0.381. The van der Waals surface area contributed by atoms with Crippen molar-refractivity contribution < 1.29 is 8.83 Å². The zero-order chi connectivity index (χ0) is 31.5. The summed E-state index contributed by atoms with van der Waals surface area (Å²) < 4.78 is 17.3. The van der Waals surface area contributed by atoms with Crippen LogP contribution >= 0.6 is 0 Å². The fraction of sp³-hybridized carbons (Fsp3) is 0.0233. The predicted molar refractivity (Wildman–Crippen MR) is 198 cm³/mol. The minimum Gasteiger partial charge on any atom is -0.456 e. The quantitative estimate of drug-likeness (QED) is 0.215. The third-order valence-electron chi connectivity index (χ3n) is 10.2. The summed E-state index contributed by atoms with van der Waals surface area (Å²) in [6, 6.07) is 49.5. The van der Waals surface area contributed by atoms with Gasteiger partial charge in [0.05, 0.1) is 28.7 Å². The van der Waals surface area contributed by atoms with Crippen molar-refractivity contribution in [1.29, 1.82) is 0 Å². The van der Waals surface area contributed by atoms with Gasteiger partial charge in [-0.05, 0) is 71.8 Å². The fourth-order valence-corrected chi connectivity index (χ4v) is 7.97. The molecule has 11 rings (SSSR count). The van der Waals surface area contributed by atoms with Gasteiger partial charge in [0.25, 0.3) is 0 Å². The Morgan fingerprint density at radius 2 is 1.00 bits per heavy atom. The Labute approximate surface area is 273 Å². The number of hydrogen-bond donors (Lipinski definition) is 1. The van der Waals surface area contributed by atoms with Crippen LogP contribution in [0.2, 0.25) is 0 Å². The molecular formula is C43H27N3O2. The molecule has 4 aromatic heterocycles. The smallest absolute Gasteiger partial charge is 0.137 e. The summed E-state index contributed by atoms with van der Waals surface area (Å²) in [6.07, 6.45) is 0. The Balaban J connectivity index is 1.10. The number of fused-ring (bicyclic) bond motifs is 12. The highest BCUT2D eigenvalue weighted by Gasteiger charge is 2.18. The van der Waals surface area contributed by atoms with E-state index in [1.165, 1.54) is 27.1 Å². The van der Waals surface area contributed by atoms with Crippen molar-refractivity contribution >= 4 is 87.5 Å². The molecule has 226 valence electrons. The molecule has 0 aliphatic heterocycles. The van der Waals surface area contributed by atoms with Gasteiger partial charge in [-0.3, -0.25) is 0 Å². The van der Waals surface area contributed by atoms with Crippen molar-refractivity contribution in [2.45, 2.75) is 6.67 Å². The van der Waals surface area contributed by atoms with E-state index in [0.29, 0.717) is 6.67 Å². The minimum absolute atomic E-state index is 0.381. The highest BCUT2D eigenvalue weighted by Crippen LogP contribution is 2.41. The molecular weight excluding hydrogens is 590 g/mol. The van der Waals surface area contributed by atoms with Gasteiger partial charge < -0.3 is 23.7 Å². The van der Waals surface area contributed by atoms with Gasteiger partial charge in [-0.25, -0.2) is 0 Å². The van der Waals surface area contributed by atoms with Gasteiger partial charge in [-0.2, -0.15) is 0 Å². The first-order valence-electron chi connectivity index (χ1n) is 16.3. The highest BCUT2D eigenvalue weighted by molar-refractivity contribution is 6.19. The van der Waals surface area contributed by atoms with E-state index in [-0.39, 0.29) is 0 Å². The fourth-order valence-electron chi connectivity index (χ4n) is 7.97. The average Bonchev–Trinajstić information content (AvgIpc) is 3.86. The molecule has 11 aromatic rings. The van der Waals surface area contributed by atoms with Crippen molar-refractivity contribution in [3.05, 3.63) is 140 Å². The molecule has 4 heterocycles. The first-order valence-corrected chi connectivity index (χ1v) is 16.3.